The summed E-state index contributed by atoms with van der Waals surface area (Å²) in [5.74, 6) is 0.564. The van der Waals surface area contributed by atoms with Gasteiger partial charge in [-0.05, 0) is 35.4 Å². The standard InChI is InChI=1S/C21H13F2N3O4S/c22-21(23)29-16-7-13-14(8-17(16)30-21)25-20(24-13)26-19(27)12-6-18(31-9-12)11-1-2-15-10(5-11)3-4-28-15/h1-2,5-9H,3-4H2,(H2,24,25,26,27). The van der Waals surface area contributed by atoms with E-state index in [0.29, 0.717) is 23.2 Å². The average molecular weight is 441 g/mol. The van der Waals surface area contributed by atoms with Gasteiger partial charge < -0.3 is 19.2 Å². The smallest absolute Gasteiger partial charge is 0.493 e. The lowest BCUT2D eigenvalue weighted by atomic mass is 10.1. The Hall–Kier alpha value is -3.66. The van der Waals surface area contributed by atoms with Gasteiger partial charge in [-0.1, -0.05) is 0 Å². The first-order chi connectivity index (χ1) is 14.9. The van der Waals surface area contributed by atoms with E-state index in [2.05, 4.69) is 30.8 Å². The monoisotopic (exact) mass is 441 g/mol. The van der Waals surface area contributed by atoms with E-state index in [1.807, 2.05) is 18.2 Å². The van der Waals surface area contributed by atoms with Gasteiger partial charge in [0.25, 0.3) is 5.91 Å². The van der Waals surface area contributed by atoms with Crippen LogP contribution in [-0.4, -0.2) is 28.8 Å². The van der Waals surface area contributed by atoms with Crippen molar-refractivity contribution in [2.45, 2.75) is 12.7 Å². The predicted molar refractivity (Wildman–Crippen MR) is 109 cm³/mol. The number of thiophene rings is 1. The molecule has 0 unspecified atom stereocenters. The number of aromatic nitrogens is 2. The number of nitrogens with one attached hydrogen (secondary N) is 2. The van der Waals surface area contributed by atoms with E-state index in [1.165, 1.54) is 23.5 Å². The number of anilines is 1. The molecule has 0 atom stereocenters. The Bertz CT molecular complexity index is 1320. The van der Waals surface area contributed by atoms with Crippen LogP contribution in [0.5, 0.6) is 17.2 Å². The summed E-state index contributed by atoms with van der Waals surface area (Å²) in [5, 5.41) is 4.47. The van der Waals surface area contributed by atoms with Crippen molar-refractivity contribution in [1.29, 1.82) is 0 Å². The van der Waals surface area contributed by atoms with Crippen LogP contribution in [0.25, 0.3) is 21.5 Å². The van der Waals surface area contributed by atoms with Crippen LogP contribution in [-0.2, 0) is 6.42 Å². The van der Waals surface area contributed by atoms with Crippen LogP contribution in [0.15, 0.2) is 41.8 Å². The number of carbonyl (C=O) groups is 1. The zero-order chi connectivity index (χ0) is 21.2. The number of H-pyrrole nitrogens is 1. The molecule has 1 amide bonds. The van der Waals surface area contributed by atoms with Crippen molar-refractivity contribution in [3.63, 3.8) is 0 Å². The second kappa shape index (κ2) is 6.42. The zero-order valence-electron chi connectivity index (χ0n) is 15.7. The topological polar surface area (TPSA) is 85.5 Å². The molecular formula is C21H13F2N3O4S. The Morgan fingerprint density at radius 2 is 1.97 bits per heavy atom. The highest BCUT2D eigenvalue weighted by atomic mass is 32.1. The highest BCUT2D eigenvalue weighted by Crippen LogP contribution is 2.43. The van der Waals surface area contributed by atoms with Crippen LogP contribution in [0.2, 0.25) is 0 Å². The Labute approximate surface area is 177 Å². The number of aromatic amines is 1. The summed E-state index contributed by atoms with van der Waals surface area (Å²) in [4.78, 5) is 20.8. The fourth-order valence-corrected chi connectivity index (χ4v) is 4.53. The Morgan fingerprint density at radius 1 is 1.13 bits per heavy atom. The first kappa shape index (κ1) is 18.1. The lowest BCUT2D eigenvalue weighted by molar-refractivity contribution is -0.286. The van der Waals surface area contributed by atoms with Gasteiger partial charge in [0.05, 0.1) is 23.2 Å². The fraction of sp³-hybridized carbons (Fsp3) is 0.143. The number of nitrogens with zero attached hydrogens (tertiary/aromatic N) is 1. The maximum atomic E-state index is 13.2. The molecule has 0 saturated heterocycles. The van der Waals surface area contributed by atoms with E-state index in [0.717, 1.165) is 28.2 Å². The van der Waals surface area contributed by atoms with Crippen molar-refractivity contribution >= 4 is 34.2 Å². The highest BCUT2D eigenvalue weighted by Gasteiger charge is 2.43. The van der Waals surface area contributed by atoms with Crippen molar-refractivity contribution in [3.05, 3.63) is 52.9 Å². The van der Waals surface area contributed by atoms with E-state index < -0.39 is 6.29 Å². The molecule has 0 bridgehead atoms. The second-order valence-corrected chi connectivity index (χ2v) is 8.05. The number of benzene rings is 2. The maximum absolute atomic E-state index is 13.2. The molecule has 10 heteroatoms. The summed E-state index contributed by atoms with van der Waals surface area (Å²) in [6, 6.07) is 10.5. The molecule has 0 fully saturated rings. The third-order valence-corrected chi connectivity index (χ3v) is 6.05. The van der Waals surface area contributed by atoms with E-state index in [1.54, 1.807) is 5.38 Å². The molecule has 7 nitrogen and oxygen atoms in total. The molecule has 0 spiro atoms. The molecule has 0 aliphatic carbocycles. The first-order valence-corrected chi connectivity index (χ1v) is 10.3. The number of amides is 1. The number of hydrogen-bond donors (Lipinski definition) is 2. The molecule has 2 aromatic carbocycles. The number of fused-ring (bicyclic) bond motifs is 3. The Balaban J connectivity index is 1.22. The second-order valence-electron chi connectivity index (χ2n) is 7.14. The molecule has 31 heavy (non-hydrogen) atoms. The predicted octanol–water partition coefficient (Wildman–Crippen LogP) is 4.80. The Morgan fingerprint density at radius 3 is 2.84 bits per heavy atom. The minimum atomic E-state index is -3.69. The number of ether oxygens (including phenoxy) is 3. The van der Waals surface area contributed by atoms with Gasteiger partial charge >= 0.3 is 6.29 Å². The van der Waals surface area contributed by atoms with Crippen LogP contribution >= 0.6 is 11.3 Å². The molecule has 2 N–H and O–H groups in total. The zero-order valence-corrected chi connectivity index (χ0v) is 16.5. The van der Waals surface area contributed by atoms with E-state index in [4.69, 9.17) is 4.74 Å². The maximum Gasteiger partial charge on any atom is 0.586 e. The van der Waals surface area contributed by atoms with Crippen LogP contribution < -0.4 is 19.5 Å². The Kier molecular flexibility index (Phi) is 3.75. The molecule has 2 aliphatic rings. The van der Waals surface area contributed by atoms with E-state index in [9.17, 15) is 13.6 Å². The number of imidazole rings is 1. The highest BCUT2D eigenvalue weighted by molar-refractivity contribution is 7.13. The van der Waals surface area contributed by atoms with Crippen LogP contribution in [0, 0.1) is 0 Å². The fourth-order valence-electron chi connectivity index (χ4n) is 3.64. The van der Waals surface area contributed by atoms with Gasteiger partial charge in [-0.15, -0.1) is 20.1 Å². The molecular weight excluding hydrogens is 428 g/mol. The normalized spacial score (nSPS) is 15.7. The van der Waals surface area contributed by atoms with Gasteiger partial charge in [-0.3, -0.25) is 10.1 Å². The lowest BCUT2D eigenvalue weighted by Gasteiger charge is -2.04. The lowest BCUT2D eigenvalue weighted by Crippen LogP contribution is -2.25. The summed E-state index contributed by atoms with van der Waals surface area (Å²) in [6.45, 7) is 0.693. The molecule has 0 saturated carbocycles. The largest absolute Gasteiger partial charge is 0.586 e. The third-order valence-electron chi connectivity index (χ3n) is 5.07. The van der Waals surface area contributed by atoms with Gasteiger partial charge in [0.15, 0.2) is 11.5 Å². The molecule has 2 aromatic heterocycles. The molecule has 0 radical (unpaired) electrons. The van der Waals surface area contributed by atoms with Crippen LogP contribution in [0.1, 0.15) is 15.9 Å². The molecule has 156 valence electrons. The van der Waals surface area contributed by atoms with Crippen LogP contribution in [0.3, 0.4) is 0 Å². The number of carbonyl (C=O) groups excluding carboxylic acids is 1. The third kappa shape index (κ3) is 3.15. The molecule has 6 rings (SSSR count). The first-order valence-electron chi connectivity index (χ1n) is 9.39. The van der Waals surface area contributed by atoms with Gasteiger partial charge in [0, 0.05) is 28.8 Å². The number of halogens is 2. The van der Waals surface area contributed by atoms with Gasteiger partial charge in [-0.25, -0.2) is 4.98 Å². The number of hydrogen-bond acceptors (Lipinski definition) is 6. The van der Waals surface area contributed by atoms with Crippen LogP contribution in [0.4, 0.5) is 14.7 Å². The summed E-state index contributed by atoms with van der Waals surface area (Å²) in [6.07, 6.45) is -2.81. The summed E-state index contributed by atoms with van der Waals surface area (Å²) < 4.78 is 40.8. The average Bonchev–Trinajstić information content (AvgIpc) is 3.49. The van der Waals surface area contributed by atoms with Crippen molar-refractivity contribution in [1.82, 2.24) is 9.97 Å². The summed E-state index contributed by atoms with van der Waals surface area (Å²) in [5.41, 5.74) is 3.48. The van der Waals surface area contributed by atoms with E-state index in [-0.39, 0.29) is 23.4 Å². The molecule has 4 heterocycles. The van der Waals surface area contributed by atoms with Crippen molar-refractivity contribution in [3.8, 4) is 27.7 Å². The van der Waals surface area contributed by atoms with Gasteiger partial charge in [0.1, 0.15) is 5.75 Å². The quantitative estimate of drug-likeness (QED) is 0.477. The summed E-state index contributed by atoms with van der Waals surface area (Å²) >= 11 is 1.47. The molecule has 2 aliphatic heterocycles. The van der Waals surface area contributed by atoms with Gasteiger partial charge in [0.2, 0.25) is 5.95 Å². The number of rotatable bonds is 3. The van der Waals surface area contributed by atoms with Crippen molar-refractivity contribution in [2.75, 3.05) is 11.9 Å². The van der Waals surface area contributed by atoms with E-state index >= 15 is 0 Å². The molecule has 4 aromatic rings. The number of alkyl halides is 2. The van der Waals surface area contributed by atoms with Gasteiger partial charge in [-0.2, -0.15) is 0 Å². The van der Waals surface area contributed by atoms with Crippen molar-refractivity contribution < 1.29 is 27.8 Å². The van der Waals surface area contributed by atoms with Crippen molar-refractivity contribution in [2.24, 2.45) is 0 Å². The summed E-state index contributed by atoms with van der Waals surface area (Å²) in [7, 11) is 0. The SMILES string of the molecule is O=C(Nc1nc2cc3c(cc2[nH]1)OC(F)(F)O3)c1csc(-c2ccc3c(c2)CCO3)c1. The minimum absolute atomic E-state index is 0.0961. The minimum Gasteiger partial charge on any atom is -0.493 e.